The largest absolute Gasteiger partial charge is 0.399 e. The minimum Gasteiger partial charge on any atom is -0.399 e. The van der Waals surface area contributed by atoms with E-state index in [1.165, 1.54) is 24.3 Å². The molecule has 0 saturated carbocycles. The first-order chi connectivity index (χ1) is 8.08. The number of benzene rings is 2. The first-order valence-electron chi connectivity index (χ1n) is 4.84. The van der Waals surface area contributed by atoms with Crippen LogP contribution in [0.5, 0.6) is 0 Å². The quantitative estimate of drug-likeness (QED) is 0.786. The van der Waals surface area contributed by atoms with Crippen LogP contribution >= 0.6 is 0 Å². The predicted octanol–water partition coefficient (Wildman–Crippen LogP) is 3.43. The molecule has 2 aromatic rings. The lowest BCUT2D eigenvalue weighted by atomic mass is 10.2. The highest BCUT2D eigenvalue weighted by atomic mass is 19.2. The van der Waals surface area contributed by atoms with Gasteiger partial charge in [-0.25, -0.2) is 13.2 Å². The number of hydrogen-bond acceptors (Lipinski definition) is 2. The van der Waals surface area contributed by atoms with Gasteiger partial charge in [-0.05, 0) is 30.3 Å². The second-order valence-electron chi connectivity index (χ2n) is 3.47. The average molecular weight is 238 g/mol. The minimum atomic E-state index is -1.05. The zero-order chi connectivity index (χ0) is 12.4. The molecule has 0 bridgehead atoms. The molecule has 17 heavy (non-hydrogen) atoms. The Hall–Kier alpha value is -2.17. The topological polar surface area (TPSA) is 38.0 Å². The van der Waals surface area contributed by atoms with Crippen LogP contribution < -0.4 is 11.1 Å². The van der Waals surface area contributed by atoms with Gasteiger partial charge in [0.15, 0.2) is 11.6 Å². The maximum Gasteiger partial charge on any atom is 0.182 e. The molecule has 2 nitrogen and oxygen atoms in total. The standard InChI is InChI=1S/C12H9F3N2/c13-8-2-1-3-11(12(8)15)17-10-5-4-7(16)6-9(10)14/h1-6,17H,16H2. The Morgan fingerprint density at radius 2 is 1.65 bits per heavy atom. The molecule has 2 aromatic carbocycles. The molecule has 0 fully saturated rings. The fourth-order valence-electron chi connectivity index (χ4n) is 1.38. The van der Waals surface area contributed by atoms with Crippen molar-refractivity contribution in [2.45, 2.75) is 0 Å². The average Bonchev–Trinajstić information content (AvgIpc) is 2.28. The molecule has 0 aliphatic carbocycles. The Bertz CT molecular complexity index is 555. The zero-order valence-electron chi connectivity index (χ0n) is 8.68. The number of nitrogens with one attached hydrogen (secondary N) is 1. The highest BCUT2D eigenvalue weighted by molar-refractivity contribution is 5.63. The van der Waals surface area contributed by atoms with Crippen molar-refractivity contribution in [2.24, 2.45) is 0 Å². The fraction of sp³-hybridized carbons (Fsp3) is 0. The van der Waals surface area contributed by atoms with E-state index in [9.17, 15) is 13.2 Å². The molecule has 0 spiro atoms. The van der Waals surface area contributed by atoms with Crippen LogP contribution in [0.15, 0.2) is 36.4 Å². The van der Waals surface area contributed by atoms with E-state index in [2.05, 4.69) is 5.32 Å². The SMILES string of the molecule is Nc1ccc(Nc2cccc(F)c2F)c(F)c1. The van der Waals surface area contributed by atoms with Crippen LogP contribution in [-0.4, -0.2) is 0 Å². The summed E-state index contributed by atoms with van der Waals surface area (Å²) in [6.07, 6.45) is 0. The van der Waals surface area contributed by atoms with Crippen molar-refractivity contribution in [1.29, 1.82) is 0 Å². The van der Waals surface area contributed by atoms with E-state index in [0.29, 0.717) is 0 Å². The fourth-order valence-corrected chi connectivity index (χ4v) is 1.38. The molecule has 88 valence electrons. The first kappa shape index (κ1) is 11.3. The normalized spacial score (nSPS) is 10.3. The van der Waals surface area contributed by atoms with Crippen LogP contribution in [-0.2, 0) is 0 Å². The summed E-state index contributed by atoms with van der Waals surface area (Å²) in [7, 11) is 0. The first-order valence-corrected chi connectivity index (χ1v) is 4.84. The van der Waals surface area contributed by atoms with Crippen LogP contribution in [0.4, 0.5) is 30.2 Å². The van der Waals surface area contributed by atoms with E-state index in [1.54, 1.807) is 0 Å². The van der Waals surface area contributed by atoms with Gasteiger partial charge >= 0.3 is 0 Å². The summed E-state index contributed by atoms with van der Waals surface area (Å²) in [5, 5.41) is 2.46. The van der Waals surface area contributed by atoms with Gasteiger partial charge < -0.3 is 11.1 Å². The van der Waals surface area contributed by atoms with Crippen LogP contribution in [0.25, 0.3) is 0 Å². The second-order valence-corrected chi connectivity index (χ2v) is 3.47. The third kappa shape index (κ3) is 2.33. The van der Waals surface area contributed by atoms with Crippen LogP contribution in [0.1, 0.15) is 0 Å². The molecule has 0 atom stereocenters. The summed E-state index contributed by atoms with van der Waals surface area (Å²) in [6.45, 7) is 0. The van der Waals surface area contributed by atoms with Crippen molar-refractivity contribution >= 4 is 17.1 Å². The van der Waals surface area contributed by atoms with Crippen molar-refractivity contribution < 1.29 is 13.2 Å². The molecule has 0 aliphatic heterocycles. The van der Waals surface area contributed by atoms with Crippen LogP contribution in [0.2, 0.25) is 0 Å². The molecule has 2 rings (SSSR count). The summed E-state index contributed by atoms with van der Waals surface area (Å²) >= 11 is 0. The summed E-state index contributed by atoms with van der Waals surface area (Å²) < 4.78 is 39.6. The van der Waals surface area contributed by atoms with Gasteiger partial charge in [0.2, 0.25) is 0 Å². The Morgan fingerprint density at radius 1 is 0.882 bits per heavy atom. The summed E-state index contributed by atoms with van der Waals surface area (Å²) in [4.78, 5) is 0. The lowest BCUT2D eigenvalue weighted by Gasteiger charge is -2.09. The number of nitrogens with two attached hydrogens (primary N) is 1. The monoisotopic (exact) mass is 238 g/mol. The number of hydrogen-bond donors (Lipinski definition) is 2. The Kier molecular flexibility index (Phi) is 2.91. The van der Waals surface area contributed by atoms with Gasteiger partial charge in [-0.3, -0.25) is 0 Å². The van der Waals surface area contributed by atoms with Gasteiger partial charge in [0.25, 0.3) is 0 Å². The number of anilines is 3. The number of halogens is 3. The summed E-state index contributed by atoms with van der Waals surface area (Å²) in [5.41, 5.74) is 5.53. The molecule has 0 aromatic heterocycles. The van der Waals surface area contributed by atoms with Crippen molar-refractivity contribution in [3.05, 3.63) is 53.8 Å². The second kappa shape index (κ2) is 4.37. The molecule has 0 heterocycles. The Morgan fingerprint density at radius 3 is 2.35 bits per heavy atom. The van der Waals surface area contributed by atoms with E-state index in [1.807, 2.05) is 0 Å². The lowest BCUT2D eigenvalue weighted by Crippen LogP contribution is -1.99. The summed E-state index contributed by atoms with van der Waals surface area (Å²) in [6, 6.07) is 7.54. The highest BCUT2D eigenvalue weighted by Gasteiger charge is 2.09. The van der Waals surface area contributed by atoms with Gasteiger partial charge in [-0.2, -0.15) is 0 Å². The number of nitrogen functional groups attached to an aromatic ring is 1. The molecule has 0 aliphatic rings. The van der Waals surface area contributed by atoms with Gasteiger partial charge in [0.05, 0.1) is 11.4 Å². The molecule has 0 radical (unpaired) electrons. The predicted molar refractivity (Wildman–Crippen MR) is 60.5 cm³/mol. The Labute approximate surface area is 95.9 Å². The third-order valence-corrected chi connectivity index (χ3v) is 2.21. The van der Waals surface area contributed by atoms with E-state index in [-0.39, 0.29) is 17.1 Å². The Balaban J connectivity index is 2.35. The van der Waals surface area contributed by atoms with Gasteiger partial charge in [0, 0.05) is 5.69 Å². The maximum absolute atomic E-state index is 13.4. The molecular weight excluding hydrogens is 229 g/mol. The van der Waals surface area contributed by atoms with Crippen LogP contribution in [0, 0.1) is 17.5 Å². The smallest absolute Gasteiger partial charge is 0.182 e. The zero-order valence-corrected chi connectivity index (χ0v) is 8.68. The minimum absolute atomic E-state index is 0.0312. The van der Waals surface area contributed by atoms with Crippen molar-refractivity contribution in [2.75, 3.05) is 11.1 Å². The maximum atomic E-state index is 13.4. The molecular formula is C12H9F3N2. The van der Waals surface area contributed by atoms with Crippen LogP contribution in [0.3, 0.4) is 0 Å². The third-order valence-electron chi connectivity index (χ3n) is 2.21. The van der Waals surface area contributed by atoms with Gasteiger partial charge in [-0.15, -0.1) is 0 Å². The lowest BCUT2D eigenvalue weighted by molar-refractivity contribution is 0.511. The molecule has 5 heteroatoms. The van der Waals surface area contributed by atoms with Crippen molar-refractivity contribution in [3.63, 3.8) is 0 Å². The highest BCUT2D eigenvalue weighted by Crippen LogP contribution is 2.24. The molecule has 0 saturated heterocycles. The van der Waals surface area contributed by atoms with E-state index in [0.717, 1.165) is 12.1 Å². The van der Waals surface area contributed by atoms with E-state index >= 15 is 0 Å². The summed E-state index contributed by atoms with van der Waals surface area (Å²) in [5.74, 6) is -2.68. The van der Waals surface area contributed by atoms with Gasteiger partial charge in [-0.1, -0.05) is 6.07 Å². The van der Waals surface area contributed by atoms with E-state index < -0.39 is 17.5 Å². The van der Waals surface area contributed by atoms with Crippen molar-refractivity contribution in [1.82, 2.24) is 0 Å². The van der Waals surface area contributed by atoms with Gasteiger partial charge in [0.1, 0.15) is 5.82 Å². The number of rotatable bonds is 2. The molecule has 0 unspecified atom stereocenters. The molecule has 0 amide bonds. The molecule has 3 N–H and O–H groups in total. The van der Waals surface area contributed by atoms with Crippen molar-refractivity contribution in [3.8, 4) is 0 Å². The van der Waals surface area contributed by atoms with E-state index in [4.69, 9.17) is 5.73 Å².